The van der Waals surface area contributed by atoms with Gasteiger partial charge in [-0.05, 0) is 95.7 Å². The molecule has 8 heteroatoms. The number of nitrogens with zero attached hydrogens (tertiary/aromatic N) is 1. The molecule has 1 saturated carbocycles. The van der Waals surface area contributed by atoms with Crippen LogP contribution in [0, 0.1) is 23.1 Å². The number of hydrogen-bond acceptors (Lipinski definition) is 5. The lowest BCUT2D eigenvalue weighted by Gasteiger charge is -2.50. The minimum Gasteiger partial charge on any atom is -0.469 e. The number of methoxy groups -OCH3 is 1. The van der Waals surface area contributed by atoms with Crippen LogP contribution in [-0.2, 0) is 26.0 Å². The van der Waals surface area contributed by atoms with Gasteiger partial charge in [0, 0.05) is 11.9 Å². The first-order valence-electron chi connectivity index (χ1n) is 12.2. The fourth-order valence-electron chi connectivity index (χ4n) is 6.77. The van der Waals surface area contributed by atoms with Gasteiger partial charge >= 0.3 is 5.97 Å². The number of allylic oxidation sites excluding steroid dienone is 2. The van der Waals surface area contributed by atoms with Crippen LogP contribution in [0.2, 0.25) is 0 Å². The zero-order valence-electron chi connectivity index (χ0n) is 20.1. The van der Waals surface area contributed by atoms with Crippen LogP contribution in [-0.4, -0.2) is 32.2 Å². The van der Waals surface area contributed by atoms with Gasteiger partial charge in [-0.3, -0.25) is 14.5 Å². The van der Waals surface area contributed by atoms with Gasteiger partial charge in [0.1, 0.15) is 5.82 Å². The van der Waals surface area contributed by atoms with E-state index in [-0.39, 0.29) is 23.4 Å². The number of pyridine rings is 1. The number of carbonyl (C=O) groups is 1. The van der Waals surface area contributed by atoms with E-state index in [1.165, 1.54) is 30.0 Å². The summed E-state index contributed by atoms with van der Waals surface area (Å²) in [5.74, 6) is 0.336. The van der Waals surface area contributed by atoms with Gasteiger partial charge in [0.2, 0.25) is 10.0 Å². The van der Waals surface area contributed by atoms with Crippen LogP contribution in [0.3, 0.4) is 0 Å². The molecular weight excluding hydrogens is 467 g/mol. The van der Waals surface area contributed by atoms with Gasteiger partial charge in [-0.25, -0.2) is 12.8 Å². The maximum Gasteiger partial charge on any atom is 0.306 e. The fraction of sp³-hybridized carbons (Fsp3) is 0.481. The molecule has 35 heavy (non-hydrogen) atoms. The first-order valence-corrected chi connectivity index (χ1v) is 13.9. The third-order valence-corrected chi connectivity index (χ3v) is 9.69. The maximum absolute atomic E-state index is 13.9. The summed E-state index contributed by atoms with van der Waals surface area (Å²) in [6.07, 6.45) is 10.2. The number of sulfonamides is 1. The van der Waals surface area contributed by atoms with Crippen LogP contribution >= 0.6 is 0 Å². The number of rotatable bonds is 6. The number of anilines is 1. The number of esters is 1. The largest absolute Gasteiger partial charge is 0.469 e. The highest BCUT2D eigenvalue weighted by molar-refractivity contribution is 7.92. The van der Waals surface area contributed by atoms with Crippen molar-refractivity contribution in [3.05, 3.63) is 65.2 Å². The highest BCUT2D eigenvalue weighted by atomic mass is 32.2. The monoisotopic (exact) mass is 498 g/mol. The van der Waals surface area contributed by atoms with Crippen molar-refractivity contribution < 1.29 is 22.3 Å². The summed E-state index contributed by atoms with van der Waals surface area (Å²) in [4.78, 5) is 15.4. The Kier molecular flexibility index (Phi) is 6.20. The summed E-state index contributed by atoms with van der Waals surface area (Å²) < 4.78 is 45.8. The van der Waals surface area contributed by atoms with E-state index in [2.05, 4.69) is 33.5 Å². The van der Waals surface area contributed by atoms with E-state index in [0.29, 0.717) is 23.4 Å². The highest BCUT2D eigenvalue weighted by Gasteiger charge is 2.52. The first-order chi connectivity index (χ1) is 16.7. The zero-order chi connectivity index (χ0) is 24.8. The number of aromatic nitrogens is 1. The molecule has 1 N–H and O–H groups in total. The number of aryl methyl sites for hydroxylation is 1. The zero-order valence-corrected chi connectivity index (χ0v) is 20.9. The summed E-state index contributed by atoms with van der Waals surface area (Å²) in [6, 6.07) is 7.46. The Morgan fingerprint density at radius 3 is 2.86 bits per heavy atom. The average molecular weight is 499 g/mol. The van der Waals surface area contributed by atoms with Gasteiger partial charge in [-0.1, -0.05) is 19.1 Å². The Bertz CT molecular complexity index is 1290. The Morgan fingerprint density at radius 2 is 2.09 bits per heavy atom. The smallest absolute Gasteiger partial charge is 0.306 e. The van der Waals surface area contributed by atoms with E-state index >= 15 is 0 Å². The molecule has 2 aromatic rings. The second-order valence-corrected chi connectivity index (χ2v) is 12.1. The van der Waals surface area contributed by atoms with Gasteiger partial charge in [-0.2, -0.15) is 0 Å². The Labute approximate surface area is 206 Å². The van der Waals surface area contributed by atoms with Crippen LogP contribution in [0.15, 0.2) is 42.7 Å². The van der Waals surface area contributed by atoms with Crippen LogP contribution in [0.5, 0.6) is 0 Å². The first kappa shape index (κ1) is 24.0. The molecule has 1 aromatic carbocycles. The molecule has 5 rings (SSSR count). The number of halogens is 1. The van der Waals surface area contributed by atoms with E-state index in [4.69, 9.17) is 0 Å². The predicted molar refractivity (Wildman–Crippen MR) is 133 cm³/mol. The maximum atomic E-state index is 13.9. The molecule has 0 radical (unpaired) electrons. The van der Waals surface area contributed by atoms with Crippen molar-refractivity contribution in [2.45, 2.75) is 51.4 Å². The molecule has 0 amide bonds. The molecule has 0 bridgehead atoms. The van der Waals surface area contributed by atoms with Crippen LogP contribution in [0.4, 0.5) is 10.1 Å². The average Bonchev–Trinajstić information content (AvgIpc) is 3.19. The van der Waals surface area contributed by atoms with E-state index in [0.717, 1.165) is 37.7 Å². The normalized spacial score (nSPS) is 27.3. The van der Waals surface area contributed by atoms with Crippen molar-refractivity contribution in [3.63, 3.8) is 0 Å². The number of hydrogen-bond donors (Lipinski definition) is 1. The second kappa shape index (κ2) is 9.04. The third kappa shape index (κ3) is 4.48. The summed E-state index contributed by atoms with van der Waals surface area (Å²) >= 11 is 0. The number of benzene rings is 1. The molecule has 6 nitrogen and oxygen atoms in total. The molecule has 3 unspecified atom stereocenters. The van der Waals surface area contributed by atoms with Crippen molar-refractivity contribution in [1.82, 2.24) is 4.98 Å². The van der Waals surface area contributed by atoms with Gasteiger partial charge in [0.15, 0.2) is 0 Å². The highest BCUT2D eigenvalue weighted by Crippen LogP contribution is 2.63. The van der Waals surface area contributed by atoms with E-state index in [9.17, 15) is 17.6 Å². The molecule has 186 valence electrons. The predicted octanol–water partition coefficient (Wildman–Crippen LogP) is 5.08. The molecular formula is C27H31FN2O4S. The lowest BCUT2D eigenvalue weighted by atomic mass is 9.54. The third-order valence-electron chi connectivity index (χ3n) is 8.40. The Hall–Kier alpha value is -2.74. The molecule has 0 saturated heterocycles. The van der Waals surface area contributed by atoms with Crippen molar-refractivity contribution in [3.8, 4) is 0 Å². The molecule has 1 aromatic heterocycles. The van der Waals surface area contributed by atoms with Crippen molar-refractivity contribution >= 4 is 27.3 Å². The Morgan fingerprint density at radius 1 is 1.26 bits per heavy atom. The number of nitrogens with one attached hydrogen (secondary N) is 1. The lowest BCUT2D eigenvalue weighted by Crippen LogP contribution is -2.40. The van der Waals surface area contributed by atoms with Gasteiger partial charge < -0.3 is 4.74 Å². The van der Waals surface area contributed by atoms with Crippen molar-refractivity contribution in [2.75, 3.05) is 17.6 Å². The molecule has 4 atom stereocenters. The standard InChI is InChI=1S/C27H31FN2O4S/c1-27-11-9-22-21-6-4-20(30-35(32,33)12-10-26(31)34-2)14-17(21)3-5-23(22)25(27)8-7-24(27)18-13-19(28)16-29-15-18/h4,6-7,13-16,22-23,25,30H,3,5,8-12H2,1-2H3/t22?,23?,25?,27-/m1/s1. The summed E-state index contributed by atoms with van der Waals surface area (Å²) in [5, 5.41) is 0. The van der Waals surface area contributed by atoms with Crippen molar-refractivity contribution in [2.24, 2.45) is 17.3 Å². The minimum absolute atomic E-state index is 0.0172. The topological polar surface area (TPSA) is 85.4 Å². The quantitative estimate of drug-likeness (QED) is 0.562. The minimum atomic E-state index is -3.63. The number of fused-ring (bicyclic) bond motifs is 5. The summed E-state index contributed by atoms with van der Waals surface area (Å²) in [7, 11) is -2.39. The van der Waals surface area contributed by atoms with Gasteiger partial charge in [0.05, 0.1) is 25.5 Å². The van der Waals surface area contributed by atoms with Crippen molar-refractivity contribution in [1.29, 1.82) is 0 Å². The second-order valence-electron chi connectivity index (χ2n) is 10.3. The van der Waals surface area contributed by atoms with Crippen LogP contribution in [0.1, 0.15) is 61.6 Å². The van der Waals surface area contributed by atoms with E-state index in [1.807, 2.05) is 12.1 Å². The van der Waals surface area contributed by atoms with Crippen LogP contribution in [0.25, 0.3) is 5.57 Å². The fourth-order valence-corrected chi connectivity index (χ4v) is 7.79. The molecule has 3 aliphatic rings. The number of carbonyl (C=O) groups excluding carboxylic acids is 1. The van der Waals surface area contributed by atoms with Gasteiger partial charge in [-0.15, -0.1) is 0 Å². The molecule has 3 aliphatic carbocycles. The SMILES string of the molecule is COC(=O)CCS(=O)(=O)Nc1ccc2c(c1)CCC1C2CC[C@]2(C)C(c3cncc(F)c3)=CCC12. The van der Waals surface area contributed by atoms with E-state index in [1.54, 1.807) is 12.3 Å². The number of ether oxygens (including phenoxy) is 1. The molecule has 0 spiro atoms. The molecule has 1 heterocycles. The van der Waals surface area contributed by atoms with E-state index < -0.39 is 16.0 Å². The van der Waals surface area contributed by atoms with Crippen LogP contribution < -0.4 is 4.72 Å². The molecule has 0 aliphatic heterocycles. The van der Waals surface area contributed by atoms with Gasteiger partial charge in [0.25, 0.3) is 0 Å². The molecule has 1 fully saturated rings. The Balaban J connectivity index is 1.33. The summed E-state index contributed by atoms with van der Waals surface area (Å²) in [5.41, 5.74) is 5.20. The lowest BCUT2D eigenvalue weighted by molar-refractivity contribution is -0.140. The summed E-state index contributed by atoms with van der Waals surface area (Å²) in [6.45, 7) is 2.33.